The highest BCUT2D eigenvalue weighted by Gasteiger charge is 2.22. The van der Waals surface area contributed by atoms with Crippen molar-refractivity contribution in [1.82, 2.24) is 14.7 Å². The molecule has 156 valence electrons. The van der Waals surface area contributed by atoms with Gasteiger partial charge in [-0.2, -0.15) is 5.26 Å². The molecule has 0 unspecified atom stereocenters. The summed E-state index contributed by atoms with van der Waals surface area (Å²) in [6.07, 6.45) is 4.76. The third-order valence-electron chi connectivity index (χ3n) is 5.23. The zero-order chi connectivity index (χ0) is 20.9. The highest BCUT2D eigenvalue weighted by atomic mass is 16.5. The molecule has 0 saturated carbocycles. The van der Waals surface area contributed by atoms with Gasteiger partial charge in [0.05, 0.1) is 24.9 Å². The Kier molecular flexibility index (Phi) is 6.07. The normalized spacial score (nSPS) is 19.6. The van der Waals surface area contributed by atoms with E-state index in [1.165, 1.54) is 10.5 Å². The van der Waals surface area contributed by atoms with Gasteiger partial charge in [0.1, 0.15) is 23.1 Å². The van der Waals surface area contributed by atoms with Crippen LogP contribution in [0.1, 0.15) is 18.4 Å². The third kappa shape index (κ3) is 4.20. The lowest BCUT2D eigenvalue weighted by molar-refractivity contribution is -0.117. The summed E-state index contributed by atoms with van der Waals surface area (Å²) < 4.78 is 12.3. The lowest BCUT2D eigenvalue weighted by atomic mass is 10.1. The number of carbonyl (C=O) groups excluding carboxylic acids is 1. The fourth-order valence-electron chi connectivity index (χ4n) is 3.63. The summed E-state index contributed by atoms with van der Waals surface area (Å²) in [7, 11) is 0. The number of ether oxygens (including phenoxy) is 2. The van der Waals surface area contributed by atoms with E-state index in [0.717, 1.165) is 12.8 Å². The van der Waals surface area contributed by atoms with E-state index >= 15 is 0 Å². The zero-order valence-electron chi connectivity index (χ0n) is 16.5. The molecule has 2 fully saturated rings. The quantitative estimate of drug-likeness (QED) is 0.573. The minimum Gasteiger partial charge on any atom is -0.378 e. The molecule has 0 bridgehead atoms. The first-order valence-corrected chi connectivity index (χ1v) is 10.0. The lowest BCUT2D eigenvalue weighted by Gasteiger charge is -2.29. The van der Waals surface area contributed by atoms with Crippen LogP contribution in [0.5, 0.6) is 0 Å². The van der Waals surface area contributed by atoms with Gasteiger partial charge in [0.2, 0.25) is 0 Å². The molecule has 2 aromatic rings. The van der Waals surface area contributed by atoms with E-state index in [0.29, 0.717) is 50.9 Å². The summed E-state index contributed by atoms with van der Waals surface area (Å²) in [5, 5.41) is 12.3. The van der Waals surface area contributed by atoms with Crippen LogP contribution in [-0.2, 0) is 14.3 Å². The highest BCUT2D eigenvalue weighted by Crippen LogP contribution is 2.20. The van der Waals surface area contributed by atoms with Gasteiger partial charge in [0.25, 0.3) is 11.5 Å². The largest absolute Gasteiger partial charge is 0.378 e. The first kappa shape index (κ1) is 20.1. The molecule has 1 N–H and O–H groups in total. The summed E-state index contributed by atoms with van der Waals surface area (Å²) in [6.45, 7) is 3.21. The summed E-state index contributed by atoms with van der Waals surface area (Å²) in [5.41, 5.74) is 0.242. The number of hydrogen-bond donors (Lipinski definition) is 1. The van der Waals surface area contributed by atoms with Gasteiger partial charge in [0.15, 0.2) is 0 Å². The number of nitrogens with zero attached hydrogens (tertiary/aromatic N) is 4. The Morgan fingerprint density at radius 1 is 1.33 bits per heavy atom. The zero-order valence-corrected chi connectivity index (χ0v) is 16.5. The van der Waals surface area contributed by atoms with Crippen LogP contribution >= 0.6 is 0 Å². The van der Waals surface area contributed by atoms with Gasteiger partial charge in [-0.1, -0.05) is 6.07 Å². The average Bonchev–Trinajstić information content (AvgIpc) is 3.31. The molecule has 9 heteroatoms. The minimum atomic E-state index is -0.529. The van der Waals surface area contributed by atoms with Crippen molar-refractivity contribution in [1.29, 1.82) is 5.26 Å². The van der Waals surface area contributed by atoms with Crippen LogP contribution in [0, 0.1) is 11.3 Å². The summed E-state index contributed by atoms with van der Waals surface area (Å²) in [4.78, 5) is 32.4. The number of amides is 1. The molecule has 9 nitrogen and oxygen atoms in total. The molecule has 30 heavy (non-hydrogen) atoms. The van der Waals surface area contributed by atoms with Gasteiger partial charge in [-0.05, 0) is 31.1 Å². The Balaban J connectivity index is 1.71. The van der Waals surface area contributed by atoms with Crippen LogP contribution in [0.25, 0.3) is 11.7 Å². The van der Waals surface area contributed by atoms with Crippen molar-refractivity contribution in [2.45, 2.75) is 18.9 Å². The Bertz CT molecular complexity index is 1060. The number of carbonyl (C=O) groups is 1. The van der Waals surface area contributed by atoms with Crippen LogP contribution in [0.15, 0.2) is 34.8 Å². The molecule has 2 aliphatic rings. The van der Waals surface area contributed by atoms with Gasteiger partial charge in [-0.3, -0.25) is 14.0 Å². The molecule has 0 radical (unpaired) electrons. The van der Waals surface area contributed by atoms with Crippen molar-refractivity contribution >= 4 is 23.4 Å². The summed E-state index contributed by atoms with van der Waals surface area (Å²) >= 11 is 0. The van der Waals surface area contributed by atoms with Crippen molar-refractivity contribution in [3.05, 3.63) is 45.9 Å². The van der Waals surface area contributed by atoms with Crippen LogP contribution in [-0.4, -0.2) is 60.9 Å². The topological polar surface area (TPSA) is 109 Å². The van der Waals surface area contributed by atoms with E-state index in [1.807, 2.05) is 11.0 Å². The molecule has 4 heterocycles. The van der Waals surface area contributed by atoms with Gasteiger partial charge in [-0.25, -0.2) is 4.98 Å². The Labute approximate surface area is 173 Å². The van der Waals surface area contributed by atoms with E-state index in [4.69, 9.17) is 9.47 Å². The molecule has 2 saturated heterocycles. The summed E-state index contributed by atoms with van der Waals surface area (Å²) in [5.74, 6) is -0.0762. The van der Waals surface area contributed by atoms with Gasteiger partial charge in [-0.15, -0.1) is 0 Å². The summed E-state index contributed by atoms with van der Waals surface area (Å²) in [6, 6.07) is 7.21. The predicted molar refractivity (Wildman–Crippen MR) is 110 cm³/mol. The number of nitrogens with one attached hydrogen (secondary N) is 1. The fourth-order valence-corrected chi connectivity index (χ4v) is 3.63. The number of rotatable bonds is 5. The van der Waals surface area contributed by atoms with E-state index in [9.17, 15) is 14.9 Å². The lowest BCUT2D eigenvalue weighted by Crippen LogP contribution is -2.39. The molecule has 0 aliphatic carbocycles. The number of pyridine rings is 1. The van der Waals surface area contributed by atoms with E-state index < -0.39 is 5.91 Å². The van der Waals surface area contributed by atoms with Crippen LogP contribution < -0.4 is 15.8 Å². The molecular weight excluding hydrogens is 386 g/mol. The molecule has 0 aromatic carbocycles. The van der Waals surface area contributed by atoms with Crippen molar-refractivity contribution in [2.75, 3.05) is 44.4 Å². The van der Waals surface area contributed by atoms with Crippen molar-refractivity contribution in [2.24, 2.45) is 0 Å². The monoisotopic (exact) mass is 409 g/mol. The maximum absolute atomic E-state index is 13.2. The van der Waals surface area contributed by atoms with Gasteiger partial charge in [0, 0.05) is 32.4 Å². The number of morpholine rings is 1. The van der Waals surface area contributed by atoms with Crippen LogP contribution in [0.3, 0.4) is 0 Å². The molecule has 2 aromatic heterocycles. The van der Waals surface area contributed by atoms with Crippen LogP contribution in [0.2, 0.25) is 0 Å². The average molecular weight is 409 g/mol. The SMILES string of the molecule is N#C/C(=C\c1c(N2CCOCC2)nc2ccccn2c1=O)C(=O)NC[C@@H]1CCCO1. The molecule has 0 spiro atoms. The number of fused-ring (bicyclic) bond motifs is 1. The molecular formula is C21H23N5O4. The second-order valence-corrected chi connectivity index (χ2v) is 7.20. The third-order valence-corrected chi connectivity index (χ3v) is 5.23. The standard InChI is InChI=1S/C21H23N5O4/c22-13-15(20(27)23-14-16-4-3-9-30-16)12-17-19(25-7-10-29-11-8-25)24-18-5-1-2-6-26(18)21(17)28/h1-2,5-6,12,16H,3-4,7-11,14H2,(H,23,27)/b15-12+/t16-/m0/s1. The maximum atomic E-state index is 13.2. The number of hydrogen-bond acceptors (Lipinski definition) is 7. The molecule has 1 amide bonds. The maximum Gasteiger partial charge on any atom is 0.267 e. The Hall–Kier alpha value is -3.22. The van der Waals surface area contributed by atoms with E-state index in [1.54, 1.807) is 24.4 Å². The number of anilines is 1. The smallest absolute Gasteiger partial charge is 0.267 e. The first-order valence-electron chi connectivity index (χ1n) is 10.0. The Morgan fingerprint density at radius 2 is 2.17 bits per heavy atom. The first-order chi connectivity index (χ1) is 14.7. The fraction of sp³-hybridized carbons (Fsp3) is 0.429. The highest BCUT2D eigenvalue weighted by molar-refractivity contribution is 6.02. The second-order valence-electron chi connectivity index (χ2n) is 7.20. The molecule has 2 aliphatic heterocycles. The Morgan fingerprint density at radius 3 is 2.90 bits per heavy atom. The van der Waals surface area contributed by atoms with Gasteiger partial charge < -0.3 is 19.7 Å². The van der Waals surface area contributed by atoms with Crippen molar-refractivity contribution in [3.63, 3.8) is 0 Å². The number of aromatic nitrogens is 2. The van der Waals surface area contributed by atoms with Crippen molar-refractivity contribution in [3.8, 4) is 6.07 Å². The number of nitriles is 1. The molecule has 1 atom stereocenters. The van der Waals surface area contributed by atoms with E-state index in [2.05, 4.69) is 10.3 Å². The van der Waals surface area contributed by atoms with Crippen molar-refractivity contribution < 1.29 is 14.3 Å². The van der Waals surface area contributed by atoms with E-state index in [-0.39, 0.29) is 22.8 Å². The predicted octanol–water partition coefficient (Wildman–Crippen LogP) is 0.733. The van der Waals surface area contributed by atoms with Gasteiger partial charge >= 0.3 is 0 Å². The second kappa shape index (κ2) is 9.07. The van der Waals surface area contributed by atoms with Crippen LogP contribution in [0.4, 0.5) is 5.82 Å². The molecule has 4 rings (SSSR count). The minimum absolute atomic E-state index is 0.0363.